The standard InChI is InChI=1S/C36H20BrN3S/c37-21-16-17-22-20(18-21)19-28(32-25-9-1-4-13-29(25)38-34(22)32)33-26-10-2-5-14-30(26)39-36(40-33)27-12-7-11-24-23-8-3-6-15-31(23)41-35(24)27/h1-19,38H. The number of H-pyrrole nitrogens is 1. The molecule has 6 aromatic carbocycles. The Morgan fingerprint density at radius 1 is 0.610 bits per heavy atom. The molecule has 41 heavy (non-hydrogen) atoms. The smallest absolute Gasteiger partial charge is 0.161 e. The number of aromatic nitrogens is 3. The fourth-order valence-electron chi connectivity index (χ4n) is 6.24. The van der Waals surface area contributed by atoms with Crippen molar-refractivity contribution in [2.24, 2.45) is 0 Å². The zero-order chi connectivity index (χ0) is 27.1. The van der Waals surface area contributed by atoms with Crippen LogP contribution in [0, 0.1) is 0 Å². The Labute approximate surface area is 247 Å². The van der Waals surface area contributed by atoms with E-state index in [4.69, 9.17) is 9.97 Å². The summed E-state index contributed by atoms with van der Waals surface area (Å²) in [6.45, 7) is 0. The number of thiophene rings is 1. The first-order valence-corrected chi connectivity index (χ1v) is 15.1. The maximum Gasteiger partial charge on any atom is 0.161 e. The molecule has 0 fully saturated rings. The average molecular weight is 607 g/mol. The van der Waals surface area contributed by atoms with Crippen LogP contribution in [0.5, 0.6) is 0 Å². The SMILES string of the molecule is Brc1ccc2c(c1)cc(-c1nc(-c3cccc4c3sc3ccccc34)nc3ccccc13)c1c3ccccc3[nH]c21. The van der Waals surface area contributed by atoms with Crippen LogP contribution in [0.25, 0.3) is 86.3 Å². The van der Waals surface area contributed by atoms with Crippen LogP contribution in [0.3, 0.4) is 0 Å². The summed E-state index contributed by atoms with van der Waals surface area (Å²) >= 11 is 5.51. The number of aromatic amines is 1. The highest BCUT2D eigenvalue weighted by molar-refractivity contribution is 9.10. The van der Waals surface area contributed by atoms with Crippen LogP contribution >= 0.6 is 27.3 Å². The van der Waals surface area contributed by atoms with Crippen LogP contribution in [-0.2, 0) is 0 Å². The normalized spacial score (nSPS) is 12.0. The number of para-hydroxylation sites is 2. The molecule has 9 aromatic rings. The van der Waals surface area contributed by atoms with Gasteiger partial charge in [0, 0.05) is 62.8 Å². The van der Waals surface area contributed by atoms with Crippen LogP contribution in [0.2, 0.25) is 0 Å². The minimum atomic E-state index is 0.748. The third-order valence-corrected chi connectivity index (χ3v) is 9.77. The van der Waals surface area contributed by atoms with Crippen molar-refractivity contribution in [3.05, 3.63) is 120 Å². The van der Waals surface area contributed by atoms with Crippen molar-refractivity contribution in [3.8, 4) is 22.6 Å². The Morgan fingerprint density at radius 3 is 2.32 bits per heavy atom. The molecule has 0 spiro atoms. The highest BCUT2D eigenvalue weighted by atomic mass is 79.9. The molecule has 0 aliphatic heterocycles. The molecule has 0 saturated carbocycles. The lowest BCUT2D eigenvalue weighted by atomic mass is 9.96. The topological polar surface area (TPSA) is 41.6 Å². The molecule has 3 aromatic heterocycles. The molecule has 5 heteroatoms. The van der Waals surface area contributed by atoms with Gasteiger partial charge in [-0.3, -0.25) is 0 Å². The van der Waals surface area contributed by atoms with E-state index in [1.807, 2.05) is 11.3 Å². The molecule has 9 rings (SSSR count). The Kier molecular flexibility index (Phi) is 4.92. The summed E-state index contributed by atoms with van der Waals surface area (Å²) in [6, 6.07) is 40.8. The summed E-state index contributed by atoms with van der Waals surface area (Å²) in [5.41, 5.74) is 6.30. The highest BCUT2D eigenvalue weighted by Gasteiger charge is 2.20. The van der Waals surface area contributed by atoms with Gasteiger partial charge in [-0.2, -0.15) is 0 Å². The van der Waals surface area contributed by atoms with Gasteiger partial charge in [0.15, 0.2) is 5.82 Å². The van der Waals surface area contributed by atoms with Gasteiger partial charge in [0.25, 0.3) is 0 Å². The molecule has 0 unspecified atom stereocenters. The summed E-state index contributed by atoms with van der Waals surface area (Å²) in [4.78, 5) is 14.3. The molecule has 3 nitrogen and oxygen atoms in total. The van der Waals surface area contributed by atoms with Gasteiger partial charge in [-0.1, -0.05) is 88.7 Å². The maximum atomic E-state index is 5.40. The van der Waals surface area contributed by atoms with Gasteiger partial charge in [0.1, 0.15) is 0 Å². The second-order valence-electron chi connectivity index (χ2n) is 10.4. The van der Waals surface area contributed by atoms with E-state index in [2.05, 4.69) is 136 Å². The van der Waals surface area contributed by atoms with E-state index in [-0.39, 0.29) is 0 Å². The molecular formula is C36H20BrN3S. The highest BCUT2D eigenvalue weighted by Crippen LogP contribution is 2.43. The van der Waals surface area contributed by atoms with Crippen molar-refractivity contribution in [2.45, 2.75) is 0 Å². The predicted molar refractivity (Wildman–Crippen MR) is 178 cm³/mol. The third kappa shape index (κ3) is 3.43. The molecule has 0 amide bonds. The third-order valence-electron chi connectivity index (χ3n) is 8.06. The summed E-state index contributed by atoms with van der Waals surface area (Å²) in [7, 11) is 0. The number of hydrogen-bond donors (Lipinski definition) is 1. The number of rotatable bonds is 2. The van der Waals surface area contributed by atoms with Crippen LogP contribution in [0.4, 0.5) is 0 Å². The Hall–Kier alpha value is -4.58. The first kappa shape index (κ1) is 23.2. The first-order chi connectivity index (χ1) is 20.2. The Balaban J connectivity index is 1.43. The fraction of sp³-hybridized carbons (Fsp3) is 0. The van der Waals surface area contributed by atoms with Crippen LogP contribution in [0.1, 0.15) is 0 Å². The lowest BCUT2D eigenvalue weighted by Crippen LogP contribution is -1.96. The molecule has 0 bridgehead atoms. The van der Waals surface area contributed by atoms with Gasteiger partial charge in [-0.05, 0) is 47.9 Å². The molecule has 0 saturated heterocycles. The van der Waals surface area contributed by atoms with Crippen LogP contribution in [-0.4, -0.2) is 15.0 Å². The molecule has 0 aliphatic carbocycles. The Morgan fingerprint density at radius 2 is 1.39 bits per heavy atom. The van der Waals surface area contributed by atoms with Gasteiger partial charge in [-0.15, -0.1) is 11.3 Å². The number of nitrogens with one attached hydrogen (secondary N) is 1. The number of benzene rings is 6. The number of nitrogens with zero attached hydrogens (tertiary/aromatic N) is 2. The van der Waals surface area contributed by atoms with E-state index in [0.29, 0.717) is 0 Å². The van der Waals surface area contributed by atoms with Gasteiger partial charge in [0.2, 0.25) is 0 Å². The van der Waals surface area contributed by atoms with E-state index < -0.39 is 0 Å². The molecule has 0 radical (unpaired) electrons. The van der Waals surface area contributed by atoms with Crippen molar-refractivity contribution >= 4 is 90.9 Å². The molecule has 1 N–H and O–H groups in total. The lowest BCUT2D eigenvalue weighted by Gasteiger charge is -2.13. The van der Waals surface area contributed by atoms with E-state index in [0.717, 1.165) is 54.4 Å². The lowest BCUT2D eigenvalue weighted by molar-refractivity contribution is 1.24. The van der Waals surface area contributed by atoms with Crippen molar-refractivity contribution in [3.63, 3.8) is 0 Å². The van der Waals surface area contributed by atoms with Gasteiger partial charge in [-0.25, -0.2) is 9.97 Å². The average Bonchev–Trinajstić information content (AvgIpc) is 3.59. The first-order valence-electron chi connectivity index (χ1n) is 13.5. The van der Waals surface area contributed by atoms with E-state index in [9.17, 15) is 0 Å². The van der Waals surface area contributed by atoms with Crippen molar-refractivity contribution in [1.29, 1.82) is 0 Å². The van der Waals surface area contributed by atoms with E-state index >= 15 is 0 Å². The Bertz CT molecular complexity index is 2510. The van der Waals surface area contributed by atoms with E-state index in [1.54, 1.807) is 0 Å². The quantitative estimate of drug-likeness (QED) is 0.213. The summed E-state index contributed by atoms with van der Waals surface area (Å²) < 4.78 is 3.54. The zero-order valence-corrected chi connectivity index (χ0v) is 24.1. The summed E-state index contributed by atoms with van der Waals surface area (Å²) in [6.07, 6.45) is 0. The van der Waals surface area contributed by atoms with E-state index in [1.165, 1.54) is 36.3 Å². The monoisotopic (exact) mass is 605 g/mol. The minimum Gasteiger partial charge on any atom is -0.354 e. The predicted octanol–water partition coefficient (Wildman–Crippen LogP) is 10.9. The molecule has 3 heterocycles. The number of fused-ring (bicyclic) bond motifs is 9. The second kappa shape index (κ2) is 8.71. The van der Waals surface area contributed by atoms with Gasteiger partial charge in [0.05, 0.1) is 16.7 Å². The summed E-state index contributed by atoms with van der Waals surface area (Å²) in [5, 5.41) is 8.29. The van der Waals surface area contributed by atoms with Gasteiger partial charge < -0.3 is 4.98 Å². The second-order valence-corrected chi connectivity index (χ2v) is 12.4. The fourth-order valence-corrected chi connectivity index (χ4v) is 7.83. The minimum absolute atomic E-state index is 0.748. The number of hydrogen-bond acceptors (Lipinski definition) is 3. The maximum absolute atomic E-state index is 5.40. The summed E-state index contributed by atoms with van der Waals surface area (Å²) in [5.74, 6) is 0.748. The van der Waals surface area contributed by atoms with Crippen molar-refractivity contribution < 1.29 is 0 Å². The van der Waals surface area contributed by atoms with Crippen molar-refractivity contribution in [2.75, 3.05) is 0 Å². The molecule has 0 atom stereocenters. The zero-order valence-electron chi connectivity index (χ0n) is 21.7. The molecule has 192 valence electrons. The van der Waals surface area contributed by atoms with Crippen molar-refractivity contribution in [1.82, 2.24) is 15.0 Å². The van der Waals surface area contributed by atoms with Gasteiger partial charge >= 0.3 is 0 Å². The largest absolute Gasteiger partial charge is 0.354 e. The van der Waals surface area contributed by atoms with Crippen LogP contribution < -0.4 is 0 Å². The number of halogens is 1. The van der Waals surface area contributed by atoms with Crippen LogP contribution in [0.15, 0.2) is 120 Å². The molecular weight excluding hydrogens is 586 g/mol. The molecule has 0 aliphatic rings.